The van der Waals surface area contributed by atoms with Gasteiger partial charge in [-0.3, -0.25) is 14.9 Å². The monoisotopic (exact) mass is 560 g/mol. The number of amides is 1. The van der Waals surface area contributed by atoms with Crippen molar-refractivity contribution in [2.24, 2.45) is 5.10 Å². The summed E-state index contributed by atoms with van der Waals surface area (Å²) in [6.45, 7) is 5.64. The molecule has 1 N–H and O–H groups in total. The fourth-order valence-corrected chi connectivity index (χ4v) is 3.94. The van der Waals surface area contributed by atoms with Gasteiger partial charge in [-0.15, -0.1) is 0 Å². The van der Waals surface area contributed by atoms with Gasteiger partial charge in [0, 0.05) is 34.8 Å². The zero-order chi connectivity index (χ0) is 29.4. The van der Waals surface area contributed by atoms with Gasteiger partial charge in [-0.1, -0.05) is 0 Å². The molecule has 0 bridgehead atoms. The van der Waals surface area contributed by atoms with Crippen LogP contribution in [-0.4, -0.2) is 40.8 Å². The van der Waals surface area contributed by atoms with Gasteiger partial charge in [-0.2, -0.15) is 5.10 Å². The molecule has 2 aromatic heterocycles. The quantitative estimate of drug-likeness (QED) is 0.112. The van der Waals surface area contributed by atoms with Crippen LogP contribution in [0.3, 0.4) is 0 Å². The third-order valence-corrected chi connectivity index (χ3v) is 5.86. The van der Waals surface area contributed by atoms with Crippen molar-refractivity contribution in [1.29, 1.82) is 0 Å². The van der Waals surface area contributed by atoms with E-state index in [2.05, 4.69) is 27.2 Å². The van der Waals surface area contributed by atoms with Gasteiger partial charge in [-0.05, 0) is 75.4 Å². The van der Waals surface area contributed by atoms with E-state index >= 15 is 0 Å². The number of carbonyl (C=O) groups is 2. The van der Waals surface area contributed by atoms with Crippen LogP contribution >= 0.6 is 0 Å². The van der Waals surface area contributed by atoms with Crippen LogP contribution in [0.15, 0.2) is 76.2 Å². The van der Waals surface area contributed by atoms with Gasteiger partial charge >= 0.3 is 11.9 Å². The Kier molecular flexibility index (Phi) is 9.15. The molecule has 2 aromatic carbocycles. The topological polar surface area (TPSA) is 147 Å². The van der Waals surface area contributed by atoms with E-state index in [0.29, 0.717) is 11.5 Å². The van der Waals surface area contributed by atoms with Crippen LogP contribution < -0.4 is 14.9 Å². The summed E-state index contributed by atoms with van der Waals surface area (Å²) in [6, 6.07) is 18.6. The van der Waals surface area contributed by atoms with Crippen LogP contribution in [0.4, 0.5) is 5.69 Å². The Balaban J connectivity index is 1.34. The summed E-state index contributed by atoms with van der Waals surface area (Å²) < 4.78 is 23.7. The molecule has 0 unspecified atom stereocenters. The lowest BCUT2D eigenvalue weighted by Crippen LogP contribution is -2.17. The van der Waals surface area contributed by atoms with Crippen LogP contribution in [0.2, 0.25) is 0 Å². The molecular formula is C29H28N4O8. The average molecular weight is 561 g/mol. The number of hydrogen-bond acceptors (Lipinski definition) is 9. The Morgan fingerprint density at radius 1 is 1.02 bits per heavy atom. The molecule has 212 valence electrons. The lowest BCUT2D eigenvalue weighted by atomic mass is 10.2. The van der Waals surface area contributed by atoms with E-state index in [1.165, 1.54) is 30.5 Å². The first-order valence-corrected chi connectivity index (χ1v) is 12.6. The molecule has 12 heteroatoms. The number of carbonyl (C=O) groups excluding carboxylic acids is 2. The Labute approximate surface area is 235 Å². The van der Waals surface area contributed by atoms with E-state index < -0.39 is 23.4 Å². The van der Waals surface area contributed by atoms with Gasteiger partial charge in [0.25, 0.3) is 5.69 Å². The molecule has 0 radical (unpaired) electrons. The second-order valence-corrected chi connectivity index (χ2v) is 8.77. The van der Waals surface area contributed by atoms with Gasteiger partial charge < -0.3 is 23.2 Å². The minimum atomic E-state index is -0.645. The maximum atomic E-state index is 12.5. The highest BCUT2D eigenvalue weighted by Crippen LogP contribution is 2.23. The summed E-state index contributed by atoms with van der Waals surface area (Å²) in [5.74, 6) is -0.0412. The number of furan rings is 1. The van der Waals surface area contributed by atoms with Crippen molar-refractivity contribution >= 4 is 23.8 Å². The van der Waals surface area contributed by atoms with E-state index in [9.17, 15) is 19.7 Å². The first-order chi connectivity index (χ1) is 19.7. The summed E-state index contributed by atoms with van der Waals surface area (Å²) in [6.07, 6.45) is 1.17. The molecule has 12 nitrogen and oxygen atoms in total. The van der Waals surface area contributed by atoms with Crippen LogP contribution in [-0.2, 0) is 16.1 Å². The van der Waals surface area contributed by atoms with Crippen molar-refractivity contribution in [3.05, 3.63) is 105 Å². The van der Waals surface area contributed by atoms with Crippen LogP contribution in [0.25, 0.3) is 5.69 Å². The number of nitrogens with one attached hydrogen (secondary N) is 1. The van der Waals surface area contributed by atoms with E-state index in [1.54, 1.807) is 13.0 Å². The van der Waals surface area contributed by atoms with E-state index in [-0.39, 0.29) is 36.0 Å². The Morgan fingerprint density at radius 2 is 1.76 bits per heavy atom. The highest BCUT2D eigenvalue weighted by molar-refractivity contribution is 5.93. The first-order valence-electron chi connectivity index (χ1n) is 12.6. The van der Waals surface area contributed by atoms with Gasteiger partial charge in [0.05, 0.1) is 17.7 Å². The molecule has 0 saturated heterocycles. The Hall–Kier alpha value is -5.39. The number of aromatic nitrogens is 1. The zero-order valence-electron chi connectivity index (χ0n) is 22.7. The van der Waals surface area contributed by atoms with Crippen molar-refractivity contribution in [3.8, 4) is 17.2 Å². The molecule has 0 saturated carbocycles. The molecule has 0 aliphatic carbocycles. The molecule has 2 heterocycles. The van der Waals surface area contributed by atoms with Crippen molar-refractivity contribution in [1.82, 2.24) is 9.99 Å². The normalized spacial score (nSPS) is 10.9. The second-order valence-electron chi connectivity index (χ2n) is 8.77. The Bertz CT molecular complexity index is 1550. The summed E-state index contributed by atoms with van der Waals surface area (Å²) in [5, 5.41) is 15.0. The summed E-state index contributed by atoms with van der Waals surface area (Å²) in [7, 11) is 0. The summed E-state index contributed by atoms with van der Waals surface area (Å²) in [5.41, 5.74) is 5.55. The van der Waals surface area contributed by atoms with Crippen molar-refractivity contribution in [3.63, 3.8) is 0 Å². The number of benzene rings is 2. The SMILES string of the molecule is CCOC(=O)COc1ccc([N+](=O)[O-])cc1/C=N/NC(=O)c1ccc(COc2ccc(-n3c(C)ccc3C)cc2)o1. The number of hydrogen-bond donors (Lipinski definition) is 1. The highest BCUT2D eigenvalue weighted by atomic mass is 16.6. The number of nitro benzene ring substituents is 1. The zero-order valence-corrected chi connectivity index (χ0v) is 22.7. The largest absolute Gasteiger partial charge is 0.486 e. The van der Waals surface area contributed by atoms with Crippen molar-refractivity contribution in [2.45, 2.75) is 27.4 Å². The number of hydrazone groups is 1. The third kappa shape index (κ3) is 7.38. The molecule has 0 aliphatic heterocycles. The fraction of sp³-hybridized carbons (Fsp3) is 0.207. The number of nitrogens with zero attached hydrogens (tertiary/aromatic N) is 3. The number of rotatable bonds is 12. The lowest BCUT2D eigenvalue weighted by molar-refractivity contribution is -0.384. The van der Waals surface area contributed by atoms with Gasteiger partial charge in [0.15, 0.2) is 12.4 Å². The van der Waals surface area contributed by atoms with Crippen LogP contribution in [0.5, 0.6) is 11.5 Å². The predicted octanol–water partition coefficient (Wildman–Crippen LogP) is 4.88. The van der Waals surface area contributed by atoms with Gasteiger partial charge in [0.1, 0.15) is 23.9 Å². The number of nitro groups is 1. The molecule has 41 heavy (non-hydrogen) atoms. The first kappa shape index (κ1) is 28.6. The number of ether oxygens (including phenoxy) is 3. The molecule has 4 aromatic rings. The third-order valence-electron chi connectivity index (χ3n) is 5.86. The average Bonchev–Trinajstić information content (AvgIpc) is 3.57. The predicted molar refractivity (Wildman–Crippen MR) is 149 cm³/mol. The minimum Gasteiger partial charge on any atom is -0.486 e. The standard InChI is InChI=1S/C29H28N4O8/c1-4-38-28(34)18-40-26-13-9-23(33(36)37)15-21(26)16-30-31-29(35)27-14-12-25(41-27)17-39-24-10-7-22(8-11-24)32-19(2)5-6-20(32)3/h5-16H,4,17-18H2,1-3H3,(H,31,35)/b30-16+. The highest BCUT2D eigenvalue weighted by Gasteiger charge is 2.14. The maximum Gasteiger partial charge on any atom is 0.344 e. The molecule has 0 atom stereocenters. The van der Waals surface area contributed by atoms with Crippen LogP contribution in [0, 0.1) is 24.0 Å². The van der Waals surface area contributed by atoms with E-state index in [1.807, 2.05) is 38.1 Å². The number of non-ortho nitro benzene ring substituents is 1. The molecule has 1 amide bonds. The van der Waals surface area contributed by atoms with E-state index in [0.717, 1.165) is 17.1 Å². The molecule has 4 rings (SSSR count). The van der Waals surface area contributed by atoms with Crippen molar-refractivity contribution < 1.29 is 33.1 Å². The fourth-order valence-electron chi connectivity index (χ4n) is 3.94. The maximum absolute atomic E-state index is 12.5. The van der Waals surface area contributed by atoms with Crippen LogP contribution in [0.1, 0.15) is 40.2 Å². The molecule has 0 aliphatic rings. The van der Waals surface area contributed by atoms with Gasteiger partial charge in [-0.25, -0.2) is 10.2 Å². The minimum absolute atomic E-state index is 0.00696. The van der Waals surface area contributed by atoms with Gasteiger partial charge in [0.2, 0.25) is 0 Å². The number of aryl methyl sites for hydroxylation is 2. The molecule has 0 fully saturated rings. The van der Waals surface area contributed by atoms with Crippen molar-refractivity contribution in [2.75, 3.05) is 13.2 Å². The van der Waals surface area contributed by atoms with E-state index in [4.69, 9.17) is 18.6 Å². The second kappa shape index (κ2) is 13.1. The summed E-state index contributed by atoms with van der Waals surface area (Å²) in [4.78, 5) is 34.7. The Morgan fingerprint density at radius 3 is 2.44 bits per heavy atom. The number of esters is 1. The lowest BCUT2D eigenvalue weighted by Gasteiger charge is -2.10. The molecule has 0 spiro atoms. The molecular weight excluding hydrogens is 532 g/mol. The smallest absolute Gasteiger partial charge is 0.344 e. The summed E-state index contributed by atoms with van der Waals surface area (Å²) >= 11 is 0.